The van der Waals surface area contributed by atoms with Crippen LogP contribution in [0.4, 0.5) is 0 Å². The zero-order chi connectivity index (χ0) is 17.6. The molecule has 1 amide bonds. The van der Waals surface area contributed by atoms with Gasteiger partial charge in [-0.25, -0.2) is 0 Å². The summed E-state index contributed by atoms with van der Waals surface area (Å²) in [7, 11) is 1.70. The van der Waals surface area contributed by atoms with Gasteiger partial charge in [0.25, 0.3) is 5.91 Å². The number of ether oxygens (including phenoxy) is 2. The van der Waals surface area contributed by atoms with Gasteiger partial charge in [-0.1, -0.05) is 18.2 Å². The Labute approximate surface area is 148 Å². The second-order valence-corrected chi connectivity index (χ2v) is 6.36. The smallest absolute Gasteiger partial charge is 0.255 e. The molecule has 0 radical (unpaired) electrons. The van der Waals surface area contributed by atoms with Crippen molar-refractivity contribution in [2.75, 3.05) is 13.7 Å². The quantitative estimate of drug-likeness (QED) is 0.810. The summed E-state index contributed by atoms with van der Waals surface area (Å²) in [6.07, 6.45) is 3.21. The molecule has 1 atom stereocenters. The molecule has 2 aromatic carbocycles. The van der Waals surface area contributed by atoms with Crippen LogP contribution in [-0.4, -0.2) is 25.7 Å². The summed E-state index contributed by atoms with van der Waals surface area (Å²) < 4.78 is 10.7. The molecule has 132 valence electrons. The number of methoxy groups -OCH3 is 1. The molecule has 0 fully saturated rings. The molecule has 0 unspecified atom stereocenters. The van der Waals surface area contributed by atoms with Crippen LogP contribution in [0.5, 0.6) is 11.5 Å². The monoisotopic (exact) mass is 340 g/mol. The zero-order valence-electron chi connectivity index (χ0n) is 14.5. The van der Waals surface area contributed by atoms with Gasteiger partial charge < -0.3 is 20.5 Å². The molecular weight excluding hydrogens is 316 g/mol. The molecule has 5 heteroatoms. The van der Waals surface area contributed by atoms with Crippen LogP contribution in [0.25, 0.3) is 0 Å². The number of carbonyl (C=O) groups is 1. The molecule has 3 N–H and O–H groups in total. The van der Waals surface area contributed by atoms with E-state index < -0.39 is 5.91 Å². The summed E-state index contributed by atoms with van der Waals surface area (Å²) in [5.74, 6) is 1.11. The maximum Gasteiger partial charge on any atom is 0.255 e. The Bertz CT molecular complexity index is 745. The molecule has 0 aliphatic heterocycles. The van der Waals surface area contributed by atoms with E-state index in [1.807, 2.05) is 30.3 Å². The van der Waals surface area contributed by atoms with E-state index in [-0.39, 0.29) is 6.61 Å². The first kappa shape index (κ1) is 17.3. The minimum Gasteiger partial charge on any atom is -0.497 e. The predicted molar refractivity (Wildman–Crippen MR) is 96.8 cm³/mol. The standard InChI is InChI=1S/C20H24N2O3/c1-24-18-8-6-15-5-7-17(10-16(15)11-18)22-12-14-3-2-4-19(9-14)25-13-20(21)23/h2-4,6,8-9,11,17,22H,5,7,10,12-13H2,1H3,(H2,21,23)/t17-/m1/s1. The van der Waals surface area contributed by atoms with Crippen molar-refractivity contribution in [2.24, 2.45) is 5.73 Å². The second-order valence-electron chi connectivity index (χ2n) is 6.36. The van der Waals surface area contributed by atoms with Gasteiger partial charge in [-0.05, 0) is 60.2 Å². The minimum absolute atomic E-state index is 0.0991. The average Bonchev–Trinajstić information content (AvgIpc) is 2.64. The Hall–Kier alpha value is -2.53. The Morgan fingerprint density at radius 1 is 1.20 bits per heavy atom. The first-order valence-corrected chi connectivity index (χ1v) is 8.53. The molecule has 0 saturated heterocycles. The fraction of sp³-hybridized carbons (Fsp3) is 0.350. The second kappa shape index (κ2) is 8.03. The van der Waals surface area contributed by atoms with Crippen LogP contribution in [0.3, 0.4) is 0 Å². The van der Waals surface area contributed by atoms with E-state index in [0.717, 1.165) is 37.1 Å². The SMILES string of the molecule is COc1ccc2c(c1)C[C@H](NCc1cccc(OCC(N)=O)c1)CC2. The lowest BCUT2D eigenvalue weighted by Crippen LogP contribution is -2.34. The van der Waals surface area contributed by atoms with Crippen molar-refractivity contribution in [1.82, 2.24) is 5.32 Å². The number of nitrogens with one attached hydrogen (secondary N) is 1. The van der Waals surface area contributed by atoms with Crippen molar-refractivity contribution in [1.29, 1.82) is 0 Å². The van der Waals surface area contributed by atoms with E-state index in [0.29, 0.717) is 11.8 Å². The molecule has 0 spiro atoms. The molecule has 5 nitrogen and oxygen atoms in total. The van der Waals surface area contributed by atoms with Crippen LogP contribution >= 0.6 is 0 Å². The van der Waals surface area contributed by atoms with Crippen molar-refractivity contribution in [3.63, 3.8) is 0 Å². The van der Waals surface area contributed by atoms with Gasteiger partial charge in [-0.2, -0.15) is 0 Å². The number of fused-ring (bicyclic) bond motifs is 1. The third-order valence-corrected chi connectivity index (χ3v) is 4.52. The van der Waals surface area contributed by atoms with Crippen molar-refractivity contribution in [3.8, 4) is 11.5 Å². The maximum atomic E-state index is 10.8. The van der Waals surface area contributed by atoms with Gasteiger partial charge in [0.2, 0.25) is 0 Å². The number of aryl methyl sites for hydroxylation is 1. The summed E-state index contributed by atoms with van der Waals surface area (Å²) in [6.45, 7) is 0.663. The van der Waals surface area contributed by atoms with Gasteiger partial charge in [-0.3, -0.25) is 4.79 Å². The van der Waals surface area contributed by atoms with E-state index >= 15 is 0 Å². The number of hydrogen-bond donors (Lipinski definition) is 2. The van der Waals surface area contributed by atoms with E-state index in [1.165, 1.54) is 11.1 Å². The van der Waals surface area contributed by atoms with Gasteiger partial charge in [-0.15, -0.1) is 0 Å². The average molecular weight is 340 g/mol. The highest BCUT2D eigenvalue weighted by Crippen LogP contribution is 2.26. The Balaban J connectivity index is 1.57. The van der Waals surface area contributed by atoms with Crippen molar-refractivity contribution < 1.29 is 14.3 Å². The third-order valence-electron chi connectivity index (χ3n) is 4.52. The highest BCUT2D eigenvalue weighted by atomic mass is 16.5. The first-order valence-electron chi connectivity index (χ1n) is 8.53. The maximum absolute atomic E-state index is 10.8. The van der Waals surface area contributed by atoms with Gasteiger partial charge in [0, 0.05) is 12.6 Å². The highest BCUT2D eigenvalue weighted by molar-refractivity contribution is 5.75. The lowest BCUT2D eigenvalue weighted by Gasteiger charge is -2.26. The van der Waals surface area contributed by atoms with Crippen LogP contribution in [0, 0.1) is 0 Å². The number of nitrogens with two attached hydrogens (primary N) is 1. The molecule has 0 heterocycles. The topological polar surface area (TPSA) is 73.6 Å². The molecule has 2 aromatic rings. The number of carbonyl (C=O) groups excluding carboxylic acids is 1. The highest BCUT2D eigenvalue weighted by Gasteiger charge is 2.18. The lowest BCUT2D eigenvalue weighted by molar-refractivity contribution is -0.119. The van der Waals surface area contributed by atoms with Crippen LogP contribution in [0.1, 0.15) is 23.1 Å². The molecule has 1 aliphatic carbocycles. The molecule has 0 bridgehead atoms. The first-order chi connectivity index (χ1) is 12.1. The van der Waals surface area contributed by atoms with Gasteiger partial charge in [0.15, 0.2) is 6.61 Å². The zero-order valence-corrected chi connectivity index (χ0v) is 14.5. The molecule has 0 aromatic heterocycles. The summed E-state index contributed by atoms with van der Waals surface area (Å²) >= 11 is 0. The number of hydrogen-bond acceptors (Lipinski definition) is 4. The number of amides is 1. The van der Waals surface area contributed by atoms with Gasteiger partial charge >= 0.3 is 0 Å². The Morgan fingerprint density at radius 3 is 2.88 bits per heavy atom. The largest absolute Gasteiger partial charge is 0.497 e. The Kier molecular flexibility index (Phi) is 5.56. The van der Waals surface area contributed by atoms with Gasteiger partial charge in [0.05, 0.1) is 7.11 Å². The van der Waals surface area contributed by atoms with E-state index in [9.17, 15) is 4.79 Å². The summed E-state index contributed by atoms with van der Waals surface area (Å²) in [6, 6.07) is 14.5. The molecule has 0 saturated carbocycles. The van der Waals surface area contributed by atoms with Crippen molar-refractivity contribution in [2.45, 2.75) is 31.8 Å². The van der Waals surface area contributed by atoms with Gasteiger partial charge in [0.1, 0.15) is 11.5 Å². The predicted octanol–water partition coefficient (Wildman–Crippen LogP) is 2.21. The minimum atomic E-state index is -0.472. The fourth-order valence-corrected chi connectivity index (χ4v) is 3.20. The summed E-state index contributed by atoms with van der Waals surface area (Å²) in [5, 5.41) is 3.62. The molecule has 25 heavy (non-hydrogen) atoms. The van der Waals surface area contributed by atoms with Crippen molar-refractivity contribution >= 4 is 5.91 Å². The third kappa shape index (κ3) is 4.73. The molecule has 3 rings (SSSR count). The summed E-state index contributed by atoms with van der Waals surface area (Å²) in [4.78, 5) is 10.8. The molecular formula is C20H24N2O3. The number of benzene rings is 2. The van der Waals surface area contributed by atoms with E-state index in [4.69, 9.17) is 15.2 Å². The number of rotatable bonds is 7. The normalized spacial score (nSPS) is 16.1. The fourth-order valence-electron chi connectivity index (χ4n) is 3.20. The molecule has 1 aliphatic rings. The van der Waals surface area contributed by atoms with Crippen LogP contribution in [0.15, 0.2) is 42.5 Å². The van der Waals surface area contributed by atoms with E-state index in [1.54, 1.807) is 7.11 Å². The lowest BCUT2D eigenvalue weighted by atomic mass is 9.88. The van der Waals surface area contributed by atoms with Crippen LogP contribution in [0.2, 0.25) is 0 Å². The Morgan fingerprint density at radius 2 is 2.08 bits per heavy atom. The van der Waals surface area contributed by atoms with Crippen LogP contribution in [-0.2, 0) is 24.2 Å². The van der Waals surface area contributed by atoms with Crippen LogP contribution < -0.4 is 20.5 Å². The van der Waals surface area contributed by atoms with E-state index in [2.05, 4.69) is 17.4 Å². The number of primary amides is 1. The summed E-state index contributed by atoms with van der Waals surface area (Å²) in [5.41, 5.74) is 9.01. The van der Waals surface area contributed by atoms with Crippen molar-refractivity contribution in [3.05, 3.63) is 59.2 Å².